The molecule has 3 aromatic rings. The molecule has 1 aliphatic rings. The van der Waals surface area contributed by atoms with Gasteiger partial charge in [0, 0.05) is 18.7 Å². The van der Waals surface area contributed by atoms with Crippen LogP contribution in [0.2, 0.25) is 0 Å². The maximum atomic E-state index is 12.9. The first-order valence-electron chi connectivity index (χ1n) is 10.3. The number of rotatable bonds is 4. The molecule has 0 saturated carbocycles. The van der Waals surface area contributed by atoms with Crippen LogP contribution in [-0.4, -0.2) is 59.0 Å². The number of hydrogen-bond acceptors (Lipinski definition) is 3. The van der Waals surface area contributed by atoms with Gasteiger partial charge >= 0.3 is 6.03 Å². The molecule has 1 unspecified atom stereocenters. The fourth-order valence-electron chi connectivity index (χ4n) is 4.25. The molecule has 1 aliphatic heterocycles. The molecule has 2 heterocycles. The molecule has 2 N–H and O–H groups in total. The molecule has 0 bridgehead atoms. The van der Waals surface area contributed by atoms with Crippen molar-refractivity contribution in [1.29, 1.82) is 0 Å². The smallest absolute Gasteiger partial charge is 0.317 e. The highest BCUT2D eigenvalue weighted by Crippen LogP contribution is 2.32. The molecule has 152 valence electrons. The van der Waals surface area contributed by atoms with Crippen LogP contribution in [0.3, 0.4) is 0 Å². The van der Waals surface area contributed by atoms with Gasteiger partial charge in [0.2, 0.25) is 0 Å². The molecule has 1 aromatic heterocycles. The van der Waals surface area contributed by atoms with Gasteiger partial charge in [0.05, 0.1) is 24.3 Å². The Morgan fingerprint density at radius 3 is 2.62 bits per heavy atom. The van der Waals surface area contributed by atoms with E-state index in [9.17, 15) is 4.79 Å². The second kappa shape index (κ2) is 8.25. The topological polar surface area (TPSA) is 64.3 Å². The van der Waals surface area contributed by atoms with E-state index in [1.165, 1.54) is 0 Å². The SMILES string of the molecule is CC(NC(=O)N(C)C1CCN(C)CC1)c1ccc(-c2cnc[nH]2)c2ccccc12. The van der Waals surface area contributed by atoms with Crippen molar-refractivity contribution in [3.05, 3.63) is 54.5 Å². The van der Waals surface area contributed by atoms with Gasteiger partial charge in [-0.2, -0.15) is 0 Å². The van der Waals surface area contributed by atoms with Gasteiger partial charge in [0.1, 0.15) is 0 Å². The number of nitrogens with one attached hydrogen (secondary N) is 2. The van der Waals surface area contributed by atoms with Crippen LogP contribution in [-0.2, 0) is 0 Å². The van der Waals surface area contributed by atoms with E-state index in [1.807, 2.05) is 30.3 Å². The minimum Gasteiger partial charge on any atom is -0.345 e. The number of H-pyrrole nitrogens is 1. The Bertz CT molecular complexity index is 976. The third kappa shape index (κ3) is 3.98. The van der Waals surface area contributed by atoms with E-state index in [1.54, 1.807) is 6.33 Å². The Morgan fingerprint density at radius 1 is 1.21 bits per heavy atom. The quantitative estimate of drug-likeness (QED) is 0.706. The predicted octanol–water partition coefficient (Wildman–Crippen LogP) is 4.03. The maximum absolute atomic E-state index is 12.9. The molecule has 0 aliphatic carbocycles. The van der Waals surface area contributed by atoms with Crippen molar-refractivity contribution in [2.45, 2.75) is 31.8 Å². The van der Waals surface area contributed by atoms with Crippen molar-refractivity contribution in [2.24, 2.45) is 0 Å². The van der Waals surface area contributed by atoms with E-state index >= 15 is 0 Å². The van der Waals surface area contributed by atoms with Crippen LogP contribution in [0, 0.1) is 0 Å². The van der Waals surface area contributed by atoms with Crippen molar-refractivity contribution in [3.8, 4) is 11.3 Å². The van der Waals surface area contributed by atoms with Crippen LogP contribution >= 0.6 is 0 Å². The molecule has 2 amide bonds. The van der Waals surface area contributed by atoms with Gasteiger partial charge < -0.3 is 20.1 Å². The number of hydrogen-bond donors (Lipinski definition) is 2. The van der Waals surface area contributed by atoms with Crippen LogP contribution < -0.4 is 5.32 Å². The number of carbonyl (C=O) groups excluding carboxylic acids is 1. The average Bonchev–Trinajstić information content (AvgIpc) is 3.27. The Balaban J connectivity index is 1.55. The van der Waals surface area contributed by atoms with Gasteiger partial charge in [-0.25, -0.2) is 9.78 Å². The number of fused-ring (bicyclic) bond motifs is 1. The summed E-state index contributed by atoms with van der Waals surface area (Å²) in [5, 5.41) is 5.50. The van der Waals surface area contributed by atoms with E-state index in [-0.39, 0.29) is 12.1 Å². The third-order valence-electron chi connectivity index (χ3n) is 6.11. The highest BCUT2D eigenvalue weighted by Gasteiger charge is 2.25. The summed E-state index contributed by atoms with van der Waals surface area (Å²) in [6, 6.07) is 12.8. The number of benzene rings is 2. The number of likely N-dealkylation sites (tertiary alicyclic amines) is 1. The second-order valence-electron chi connectivity index (χ2n) is 8.03. The van der Waals surface area contributed by atoms with E-state index in [2.05, 4.69) is 58.4 Å². The zero-order valence-electron chi connectivity index (χ0n) is 17.4. The Hall–Kier alpha value is -2.86. The lowest BCUT2D eigenvalue weighted by Crippen LogP contribution is -2.48. The summed E-state index contributed by atoms with van der Waals surface area (Å²) in [6.45, 7) is 4.13. The number of aromatic amines is 1. The number of piperidine rings is 1. The van der Waals surface area contributed by atoms with Crippen LogP contribution in [0.5, 0.6) is 0 Å². The Kier molecular flexibility index (Phi) is 5.53. The first kappa shape index (κ1) is 19.5. The molecule has 6 heteroatoms. The fraction of sp³-hybridized carbons (Fsp3) is 0.391. The third-order valence-corrected chi connectivity index (χ3v) is 6.11. The summed E-state index contributed by atoms with van der Waals surface area (Å²) in [5.74, 6) is 0. The first-order valence-corrected chi connectivity index (χ1v) is 10.3. The predicted molar refractivity (Wildman–Crippen MR) is 117 cm³/mol. The van der Waals surface area contributed by atoms with Gasteiger partial charge in [-0.3, -0.25) is 0 Å². The zero-order chi connectivity index (χ0) is 20.4. The molecule has 29 heavy (non-hydrogen) atoms. The minimum atomic E-state index is -0.0862. The lowest BCUT2D eigenvalue weighted by molar-refractivity contribution is 0.146. The number of urea groups is 1. The molecule has 1 atom stereocenters. The minimum absolute atomic E-state index is 0.00576. The number of nitrogens with zero attached hydrogens (tertiary/aromatic N) is 3. The van der Waals surface area contributed by atoms with Crippen molar-refractivity contribution >= 4 is 16.8 Å². The molecule has 2 aromatic carbocycles. The van der Waals surface area contributed by atoms with E-state index < -0.39 is 0 Å². The van der Waals surface area contributed by atoms with Crippen molar-refractivity contribution in [1.82, 2.24) is 25.1 Å². The Labute approximate surface area is 171 Å². The summed E-state index contributed by atoms with van der Waals surface area (Å²) < 4.78 is 0. The van der Waals surface area contributed by atoms with Crippen molar-refractivity contribution in [2.75, 3.05) is 27.2 Å². The molecular formula is C23H29N5O. The highest BCUT2D eigenvalue weighted by atomic mass is 16.2. The number of aromatic nitrogens is 2. The van der Waals surface area contributed by atoms with Crippen molar-refractivity contribution < 1.29 is 4.79 Å². The molecule has 0 spiro atoms. The molecule has 0 radical (unpaired) electrons. The standard InChI is InChI=1S/C23H29N5O/c1-16(26-23(29)28(3)17-10-12-27(2)13-11-17)18-8-9-21(22-14-24-15-25-22)20-7-5-4-6-19(18)20/h4-9,14-17H,10-13H2,1-3H3,(H,24,25)(H,26,29). The number of carbonyl (C=O) groups is 1. The second-order valence-corrected chi connectivity index (χ2v) is 8.03. The van der Waals surface area contributed by atoms with Crippen LogP contribution in [0.1, 0.15) is 31.4 Å². The van der Waals surface area contributed by atoms with Gasteiger partial charge in [0.25, 0.3) is 0 Å². The van der Waals surface area contributed by atoms with Crippen LogP contribution in [0.4, 0.5) is 4.79 Å². The average molecular weight is 392 g/mol. The maximum Gasteiger partial charge on any atom is 0.317 e. The van der Waals surface area contributed by atoms with E-state index in [4.69, 9.17) is 0 Å². The molecular weight excluding hydrogens is 362 g/mol. The number of imidazole rings is 1. The van der Waals surface area contributed by atoms with Crippen LogP contribution in [0.25, 0.3) is 22.0 Å². The van der Waals surface area contributed by atoms with Gasteiger partial charge in [-0.1, -0.05) is 36.4 Å². The van der Waals surface area contributed by atoms with Gasteiger partial charge in [-0.05, 0) is 56.2 Å². The molecule has 6 nitrogen and oxygen atoms in total. The zero-order valence-corrected chi connectivity index (χ0v) is 17.4. The Morgan fingerprint density at radius 2 is 1.93 bits per heavy atom. The van der Waals surface area contributed by atoms with Gasteiger partial charge in [0.15, 0.2) is 0 Å². The summed E-state index contributed by atoms with van der Waals surface area (Å²) in [7, 11) is 4.05. The summed E-state index contributed by atoms with van der Waals surface area (Å²) >= 11 is 0. The van der Waals surface area contributed by atoms with E-state index in [0.29, 0.717) is 6.04 Å². The monoisotopic (exact) mass is 391 g/mol. The summed E-state index contributed by atoms with van der Waals surface area (Å²) in [4.78, 5) is 24.4. The molecule has 1 saturated heterocycles. The number of amides is 2. The molecule has 1 fully saturated rings. The summed E-state index contributed by atoms with van der Waals surface area (Å²) in [6.07, 6.45) is 5.58. The van der Waals surface area contributed by atoms with Crippen LogP contribution in [0.15, 0.2) is 48.9 Å². The van der Waals surface area contributed by atoms with Gasteiger partial charge in [-0.15, -0.1) is 0 Å². The largest absolute Gasteiger partial charge is 0.345 e. The lowest BCUT2D eigenvalue weighted by Gasteiger charge is -2.35. The van der Waals surface area contributed by atoms with E-state index in [0.717, 1.165) is 53.5 Å². The summed E-state index contributed by atoms with van der Waals surface area (Å²) in [5.41, 5.74) is 3.23. The fourth-order valence-corrected chi connectivity index (χ4v) is 4.25. The molecule has 4 rings (SSSR count). The highest BCUT2D eigenvalue weighted by molar-refractivity contribution is 5.98. The lowest BCUT2D eigenvalue weighted by atomic mass is 9.95. The van der Waals surface area contributed by atoms with Crippen molar-refractivity contribution in [3.63, 3.8) is 0 Å². The normalized spacial score (nSPS) is 16.7. The first-order chi connectivity index (χ1) is 14.0.